The zero-order chi connectivity index (χ0) is 17.9. The monoisotopic (exact) mass is 351 g/mol. The van der Waals surface area contributed by atoms with Gasteiger partial charge in [0.05, 0.1) is 19.0 Å². The lowest BCUT2D eigenvalue weighted by atomic mass is 9.96. The van der Waals surface area contributed by atoms with Gasteiger partial charge < -0.3 is 9.30 Å². The summed E-state index contributed by atoms with van der Waals surface area (Å²) in [5, 5.41) is 7.45. The Bertz CT molecular complexity index is 851. The van der Waals surface area contributed by atoms with Crippen molar-refractivity contribution in [2.75, 3.05) is 20.2 Å². The van der Waals surface area contributed by atoms with E-state index >= 15 is 0 Å². The lowest BCUT2D eigenvalue weighted by Gasteiger charge is -2.32. The van der Waals surface area contributed by atoms with E-state index in [0.717, 1.165) is 36.6 Å². The summed E-state index contributed by atoms with van der Waals surface area (Å²) in [4.78, 5) is 7.07. The van der Waals surface area contributed by atoms with Crippen LogP contribution >= 0.6 is 0 Å². The lowest BCUT2D eigenvalue weighted by molar-refractivity contribution is 0.195. The number of H-pyrrole nitrogens is 1. The summed E-state index contributed by atoms with van der Waals surface area (Å²) in [6.07, 6.45) is 8.29. The number of likely N-dealkylation sites (tertiary alicyclic amines) is 1. The first-order valence-electron chi connectivity index (χ1n) is 9.11. The van der Waals surface area contributed by atoms with Gasteiger partial charge in [0.1, 0.15) is 11.6 Å². The topological polar surface area (TPSA) is 59.0 Å². The van der Waals surface area contributed by atoms with Gasteiger partial charge in [0.15, 0.2) is 0 Å². The van der Waals surface area contributed by atoms with Crippen molar-refractivity contribution in [3.8, 4) is 17.0 Å². The second-order valence-electron chi connectivity index (χ2n) is 6.97. The molecule has 0 unspecified atom stereocenters. The molecule has 0 bridgehead atoms. The number of rotatable bonds is 5. The van der Waals surface area contributed by atoms with Gasteiger partial charge in [-0.2, -0.15) is 5.10 Å². The van der Waals surface area contributed by atoms with Crippen molar-refractivity contribution in [2.45, 2.75) is 25.3 Å². The van der Waals surface area contributed by atoms with Crippen LogP contribution in [0.5, 0.6) is 5.75 Å². The number of ether oxygens (including phenoxy) is 1. The van der Waals surface area contributed by atoms with E-state index in [2.05, 4.69) is 43.8 Å². The number of hydrogen-bond acceptors (Lipinski definition) is 4. The van der Waals surface area contributed by atoms with Crippen molar-refractivity contribution in [3.05, 3.63) is 54.2 Å². The summed E-state index contributed by atoms with van der Waals surface area (Å²) < 4.78 is 7.40. The van der Waals surface area contributed by atoms with Crippen LogP contribution in [0.4, 0.5) is 0 Å². The maximum absolute atomic E-state index is 5.25. The number of aromatic nitrogens is 4. The highest BCUT2D eigenvalue weighted by Gasteiger charge is 2.25. The molecular formula is C20H25N5O. The molecule has 1 fully saturated rings. The van der Waals surface area contributed by atoms with Crippen LogP contribution in [0.3, 0.4) is 0 Å². The van der Waals surface area contributed by atoms with Crippen molar-refractivity contribution in [2.24, 2.45) is 7.05 Å². The summed E-state index contributed by atoms with van der Waals surface area (Å²) in [6.45, 7) is 3.06. The largest absolute Gasteiger partial charge is 0.497 e. The predicted octanol–water partition coefficient (Wildman–Crippen LogP) is 3.20. The zero-order valence-corrected chi connectivity index (χ0v) is 15.4. The molecule has 3 heterocycles. The highest BCUT2D eigenvalue weighted by atomic mass is 16.5. The number of hydrogen-bond donors (Lipinski definition) is 1. The fraction of sp³-hybridized carbons (Fsp3) is 0.400. The first-order valence-corrected chi connectivity index (χ1v) is 9.11. The number of benzene rings is 1. The minimum atomic E-state index is 0.500. The third-order valence-electron chi connectivity index (χ3n) is 5.22. The van der Waals surface area contributed by atoms with E-state index in [1.807, 2.05) is 30.7 Å². The molecule has 6 heteroatoms. The molecular weight excluding hydrogens is 326 g/mol. The molecule has 3 aromatic rings. The molecule has 1 aliphatic heterocycles. The predicted molar refractivity (Wildman–Crippen MR) is 101 cm³/mol. The Morgan fingerprint density at radius 2 is 2.12 bits per heavy atom. The molecule has 1 atom stereocenters. The Labute approximate surface area is 153 Å². The molecule has 136 valence electrons. The van der Waals surface area contributed by atoms with E-state index in [4.69, 9.17) is 4.74 Å². The first kappa shape index (κ1) is 16.8. The number of aryl methyl sites for hydroxylation is 1. The van der Waals surface area contributed by atoms with Gasteiger partial charge in [-0.3, -0.25) is 10.00 Å². The highest BCUT2D eigenvalue weighted by Crippen LogP contribution is 2.29. The van der Waals surface area contributed by atoms with E-state index in [9.17, 15) is 0 Å². The average Bonchev–Trinajstić information content (AvgIpc) is 3.31. The molecule has 1 saturated heterocycles. The quantitative estimate of drug-likeness (QED) is 0.767. The molecule has 1 aliphatic rings. The Kier molecular flexibility index (Phi) is 4.75. The molecule has 6 nitrogen and oxygen atoms in total. The third kappa shape index (κ3) is 3.37. The first-order chi connectivity index (χ1) is 12.7. The van der Waals surface area contributed by atoms with Gasteiger partial charge in [0.2, 0.25) is 0 Å². The molecule has 1 aromatic carbocycles. The Balaban J connectivity index is 1.49. The minimum Gasteiger partial charge on any atom is -0.497 e. The van der Waals surface area contributed by atoms with Gasteiger partial charge >= 0.3 is 0 Å². The van der Waals surface area contributed by atoms with Crippen LogP contribution in [0.2, 0.25) is 0 Å². The standard InChI is InChI=1S/C20H25N5O/c1-24-11-9-21-20(24)16-4-3-10-25(13-16)14-17-12-22-23-19(17)15-5-7-18(26-2)8-6-15/h5-9,11-12,16H,3-4,10,13-14H2,1-2H3,(H,22,23)/t16-/m1/s1. The van der Waals surface area contributed by atoms with Crippen LogP contribution in [-0.4, -0.2) is 44.8 Å². The second-order valence-corrected chi connectivity index (χ2v) is 6.97. The molecule has 26 heavy (non-hydrogen) atoms. The van der Waals surface area contributed by atoms with Gasteiger partial charge in [-0.05, 0) is 43.7 Å². The smallest absolute Gasteiger partial charge is 0.118 e. The number of piperidine rings is 1. The fourth-order valence-corrected chi connectivity index (χ4v) is 3.86. The average molecular weight is 351 g/mol. The van der Waals surface area contributed by atoms with Crippen molar-refractivity contribution >= 4 is 0 Å². The number of nitrogens with one attached hydrogen (secondary N) is 1. The maximum Gasteiger partial charge on any atom is 0.118 e. The SMILES string of the molecule is COc1ccc(-c2[nH]ncc2CN2CCC[C@@H](c3nccn3C)C2)cc1. The van der Waals surface area contributed by atoms with Crippen LogP contribution in [-0.2, 0) is 13.6 Å². The van der Waals surface area contributed by atoms with Crippen LogP contribution < -0.4 is 4.74 Å². The Morgan fingerprint density at radius 1 is 1.27 bits per heavy atom. The van der Waals surface area contributed by atoms with Crippen LogP contribution in [0.25, 0.3) is 11.3 Å². The normalized spacial score (nSPS) is 18.2. The summed E-state index contributed by atoms with van der Waals surface area (Å²) in [7, 11) is 3.77. The van der Waals surface area contributed by atoms with Gasteiger partial charge in [-0.1, -0.05) is 0 Å². The molecule has 0 amide bonds. The van der Waals surface area contributed by atoms with E-state index in [0.29, 0.717) is 5.92 Å². The fourth-order valence-electron chi connectivity index (χ4n) is 3.86. The molecule has 0 saturated carbocycles. The van der Waals surface area contributed by atoms with Gasteiger partial charge in [-0.15, -0.1) is 0 Å². The number of imidazole rings is 1. The van der Waals surface area contributed by atoms with Crippen molar-refractivity contribution in [3.63, 3.8) is 0 Å². The molecule has 1 N–H and O–H groups in total. The van der Waals surface area contributed by atoms with Crippen LogP contribution in [0.15, 0.2) is 42.9 Å². The third-order valence-corrected chi connectivity index (χ3v) is 5.22. The molecule has 0 spiro atoms. The lowest BCUT2D eigenvalue weighted by Crippen LogP contribution is -2.34. The minimum absolute atomic E-state index is 0.500. The van der Waals surface area contributed by atoms with Gasteiger partial charge in [-0.25, -0.2) is 4.98 Å². The van der Waals surface area contributed by atoms with E-state index in [-0.39, 0.29) is 0 Å². The molecule has 2 aromatic heterocycles. The van der Waals surface area contributed by atoms with E-state index < -0.39 is 0 Å². The number of methoxy groups -OCH3 is 1. The van der Waals surface area contributed by atoms with Gasteiger partial charge in [0.25, 0.3) is 0 Å². The van der Waals surface area contributed by atoms with Gasteiger partial charge in [0, 0.05) is 49.6 Å². The highest BCUT2D eigenvalue weighted by molar-refractivity contribution is 5.63. The van der Waals surface area contributed by atoms with Crippen molar-refractivity contribution < 1.29 is 4.74 Å². The van der Waals surface area contributed by atoms with Crippen molar-refractivity contribution in [1.82, 2.24) is 24.6 Å². The molecule has 0 radical (unpaired) electrons. The second kappa shape index (κ2) is 7.33. The van der Waals surface area contributed by atoms with E-state index in [1.54, 1.807) is 7.11 Å². The summed E-state index contributed by atoms with van der Waals surface area (Å²) >= 11 is 0. The molecule has 4 rings (SSSR count). The summed E-state index contributed by atoms with van der Waals surface area (Å²) in [6, 6.07) is 8.11. The van der Waals surface area contributed by atoms with Crippen LogP contribution in [0.1, 0.15) is 30.1 Å². The summed E-state index contributed by atoms with van der Waals surface area (Å²) in [5.41, 5.74) is 3.46. The Morgan fingerprint density at radius 3 is 2.85 bits per heavy atom. The number of nitrogens with zero attached hydrogens (tertiary/aromatic N) is 4. The number of aromatic amines is 1. The zero-order valence-electron chi connectivity index (χ0n) is 15.4. The van der Waals surface area contributed by atoms with Crippen molar-refractivity contribution in [1.29, 1.82) is 0 Å². The van der Waals surface area contributed by atoms with Crippen LogP contribution in [0, 0.1) is 0 Å². The molecule has 0 aliphatic carbocycles. The van der Waals surface area contributed by atoms with E-state index in [1.165, 1.54) is 24.2 Å². The summed E-state index contributed by atoms with van der Waals surface area (Å²) in [5.74, 6) is 2.56. The maximum atomic E-state index is 5.25. The Hall–Kier alpha value is -2.60.